The Balaban J connectivity index is 0.000000218. The molecule has 4 amide bonds. The molecule has 4 N–H and O–H groups in total. The number of hydrogen-bond donors (Lipinski definition) is 2. The zero-order chi connectivity index (χ0) is 92.1. The average Bonchev–Trinajstić information content (AvgIpc) is 1.60. The second kappa shape index (κ2) is 52.0. The molecule has 6 heterocycles. The van der Waals surface area contributed by atoms with Crippen LogP contribution in [0, 0.1) is 17.0 Å². The third kappa shape index (κ3) is 33.2. The van der Waals surface area contributed by atoms with E-state index in [4.69, 9.17) is 94.1 Å². The Hall–Kier alpha value is -10.3. The number of rotatable bonds is 33. The van der Waals surface area contributed by atoms with Gasteiger partial charge in [0, 0.05) is 115 Å². The van der Waals surface area contributed by atoms with E-state index >= 15 is 0 Å². The number of hydrogen-bond acceptors (Lipinski definition) is 23. The Morgan fingerprint density at radius 2 is 1.01 bits per heavy atom. The van der Waals surface area contributed by atoms with Gasteiger partial charge in [0.1, 0.15) is 44.1 Å². The first-order valence-electron chi connectivity index (χ1n) is 41.0. The molecule has 6 aromatic carbocycles. The number of aromatic nitrogens is 2. The molecule has 6 aliphatic rings. The van der Waals surface area contributed by atoms with Gasteiger partial charge in [-0.05, 0) is 157 Å². The van der Waals surface area contributed by atoms with Crippen LogP contribution in [0.4, 0.5) is 17.6 Å². The fraction of sp³-hybridized carbons (Fsp3) is 0.407. The number of carbonyl (C=O) groups is 8. The fourth-order valence-electron chi connectivity index (χ4n) is 13.5. The van der Waals surface area contributed by atoms with Crippen LogP contribution in [0.15, 0.2) is 158 Å². The van der Waals surface area contributed by atoms with Crippen LogP contribution in [-0.2, 0) is 90.9 Å². The number of benzene rings is 6. The summed E-state index contributed by atoms with van der Waals surface area (Å²) in [6.07, 6.45) is 9.54. The lowest BCUT2D eigenvalue weighted by Gasteiger charge is -2.27. The summed E-state index contributed by atoms with van der Waals surface area (Å²) in [5.74, 6) is -0.580. The van der Waals surface area contributed by atoms with Crippen molar-refractivity contribution in [1.29, 1.82) is 0 Å². The number of halogens is 9. The predicted molar refractivity (Wildman–Crippen MR) is 475 cm³/mol. The summed E-state index contributed by atoms with van der Waals surface area (Å²) in [6, 6.07) is 36.2. The van der Waals surface area contributed by atoms with Crippen molar-refractivity contribution in [2.45, 2.75) is 126 Å². The Kier molecular flexibility index (Phi) is 42.0. The summed E-state index contributed by atoms with van der Waals surface area (Å²) >= 11 is 26.9. The molecule has 4 aliphatic heterocycles. The number of alkyl halides is 4. The van der Waals surface area contributed by atoms with Crippen LogP contribution in [-0.4, -0.2) is 216 Å². The largest absolute Gasteiger partial charge is 0.870 e. The van der Waals surface area contributed by atoms with Crippen LogP contribution in [0.5, 0.6) is 28.7 Å². The van der Waals surface area contributed by atoms with Crippen molar-refractivity contribution in [3.05, 3.63) is 245 Å². The van der Waals surface area contributed by atoms with Crippen molar-refractivity contribution in [3.8, 4) is 28.7 Å². The van der Waals surface area contributed by atoms with E-state index in [9.17, 15) is 61.1 Å². The summed E-state index contributed by atoms with van der Waals surface area (Å²) in [6.45, 7) is -1.31. The van der Waals surface area contributed by atoms with Gasteiger partial charge >= 0.3 is 31.1 Å². The molecular weight excluding hydrogens is 1830 g/mol. The number of aromatic amines is 1. The molecule has 14 rings (SSSR count). The van der Waals surface area contributed by atoms with E-state index in [1.165, 1.54) is 50.7 Å². The summed E-state index contributed by atoms with van der Waals surface area (Å²) < 4.78 is 112. The van der Waals surface area contributed by atoms with E-state index in [0.29, 0.717) is 167 Å². The minimum atomic E-state index is -3.09. The Morgan fingerprint density at radius 1 is 0.577 bits per heavy atom. The highest BCUT2D eigenvalue weighted by atomic mass is 35.5. The minimum absolute atomic E-state index is 0. The number of likely N-dealkylation sites (tertiary alicyclic amines) is 1. The summed E-state index contributed by atoms with van der Waals surface area (Å²) in [7, 11) is 10.1. The van der Waals surface area contributed by atoms with Gasteiger partial charge in [0.25, 0.3) is 24.2 Å². The number of nitrogens with one attached hydrogen (secondary N) is 2. The van der Waals surface area contributed by atoms with Crippen LogP contribution in [0.1, 0.15) is 126 Å². The quantitative estimate of drug-likeness (QED) is 0.0127. The fourth-order valence-corrected chi connectivity index (χ4v) is 15.5. The van der Waals surface area contributed by atoms with Crippen molar-refractivity contribution in [3.63, 3.8) is 0 Å². The van der Waals surface area contributed by atoms with Crippen molar-refractivity contribution >= 4 is 119 Å². The third-order valence-corrected chi connectivity index (χ3v) is 22.8. The van der Waals surface area contributed by atoms with Gasteiger partial charge in [-0.25, -0.2) is 14.6 Å². The van der Waals surface area contributed by atoms with Crippen LogP contribution in [0.3, 0.4) is 0 Å². The predicted octanol–water partition coefficient (Wildman–Crippen LogP) is 14.2. The standard InChI is InChI=1S/C34H35Cl2F2N3O7.C22H22Cl2F2N2O4S.C13H17NO3.C11H13NO3.C11H12O4.ClH.H2O/c1-39(2)32(43)23-6-3-5-21(13-23)14-31(42)41-12-4-7-27(41)33(44)47-29(16-24-25(35)17-40(45)18-26(24)36)22-10-11-28(48-34(37)38)30(15-22)46-19-20-8-9-20;23-15-9-27-10-16(24)14(15)8-18(31-21(29)20-28-5-6-33-20)13-3-4-17(32-22(25)26)19(7-13)30-11-12-1-2-12;1-14(2)13(15)11-5-3-4-10(8-11)9-12-16-6-7-17-12;1-12(2)11(15)9-5-3-4-8(6-9)7-10(13)14;12-8-15-10-3-1-2-9(6-10)7-11-13-4-5-14-11;;/h3,5-6,10-11,13,15,17-18,20,27,29,34H,4,7-9,12,14,16,19H2,1-2H3;3-4,7,9-10,12,18,20,22,28H,1-2,5-6,8,11H2;3-5,8,12H,6-7,9H2,1-2H3;3-6H,7H2,1-2H3,(H,13,14);1-3,6,8,11H,4-5,7H2;1H;1H2/t27-,29-;18-,20-;;;;;/m00...../s1. The molecule has 29 nitrogen and oxygen atoms in total. The number of carboxylic acids is 1. The lowest BCUT2D eigenvalue weighted by Crippen LogP contribution is -2.42. The normalized spacial score (nSPS) is 16.0. The molecule has 702 valence electrons. The van der Waals surface area contributed by atoms with E-state index in [2.05, 4.69) is 19.8 Å². The number of amides is 4. The number of carbonyl (C=O) groups excluding carboxylic acids is 7. The topological polar surface area (TPSA) is 354 Å². The average molecular weight is 1930 g/mol. The number of pyridine rings is 2. The Bertz CT molecular complexity index is 5070. The van der Waals surface area contributed by atoms with Crippen LogP contribution >= 0.6 is 70.6 Å². The molecule has 2 saturated carbocycles. The molecule has 8 aromatic rings. The van der Waals surface area contributed by atoms with E-state index in [-0.39, 0.29) is 113 Å². The van der Waals surface area contributed by atoms with Crippen molar-refractivity contribution in [2.75, 3.05) is 101 Å². The molecule has 0 unspecified atom stereocenters. The van der Waals surface area contributed by atoms with Gasteiger partial charge in [-0.3, -0.25) is 34.1 Å². The van der Waals surface area contributed by atoms with Gasteiger partial charge < -0.3 is 87.5 Å². The van der Waals surface area contributed by atoms with Crippen molar-refractivity contribution in [2.24, 2.45) is 11.8 Å². The maximum Gasteiger partial charge on any atom is 0.387 e. The molecule has 0 radical (unpaired) electrons. The summed E-state index contributed by atoms with van der Waals surface area (Å²) in [5, 5.41) is 24.0. The molecule has 130 heavy (non-hydrogen) atoms. The molecule has 4 saturated heterocycles. The number of esters is 2. The van der Waals surface area contributed by atoms with E-state index in [1.807, 2.05) is 36.4 Å². The van der Waals surface area contributed by atoms with E-state index < -0.39 is 54.8 Å². The number of thioether (sulfide) groups is 1. The highest BCUT2D eigenvalue weighted by molar-refractivity contribution is 8.00. The summed E-state index contributed by atoms with van der Waals surface area (Å²) in [5.41, 5.74) is 6.84. The first-order valence-corrected chi connectivity index (χ1v) is 43.6. The van der Waals surface area contributed by atoms with E-state index in [1.54, 1.807) is 132 Å². The Labute approximate surface area is 779 Å². The molecule has 6 fully saturated rings. The Morgan fingerprint density at radius 3 is 1.44 bits per heavy atom. The van der Waals surface area contributed by atoms with E-state index in [0.717, 1.165) is 55.0 Å². The summed E-state index contributed by atoms with van der Waals surface area (Å²) in [4.78, 5) is 105. The van der Waals surface area contributed by atoms with Crippen molar-refractivity contribution in [1.82, 2.24) is 24.9 Å². The van der Waals surface area contributed by atoms with Gasteiger partial charge in [-0.1, -0.05) is 107 Å². The first-order chi connectivity index (χ1) is 61.3. The van der Waals surface area contributed by atoms with Gasteiger partial charge in [0.05, 0.1) is 52.5 Å². The van der Waals surface area contributed by atoms with Gasteiger partial charge in [-0.2, -0.15) is 22.3 Å². The highest BCUT2D eigenvalue weighted by Crippen LogP contribution is 2.42. The number of H-pyrrole nitrogens is 1. The third-order valence-electron chi connectivity index (χ3n) is 20.3. The van der Waals surface area contributed by atoms with Crippen LogP contribution in [0.25, 0.3) is 0 Å². The zero-order valence-electron chi connectivity index (χ0n) is 71.8. The number of ether oxygens (including phenoxy) is 11. The molecule has 2 aliphatic carbocycles. The molecule has 0 spiro atoms. The second-order valence-corrected chi connectivity index (χ2v) is 33.7. The maximum atomic E-state index is 13.8. The van der Waals surface area contributed by atoms with Crippen LogP contribution in [0.2, 0.25) is 20.1 Å². The SMILES string of the molecule is CN(C)C(=O)c1cccc(CC(=O)N2CCC[C@H]2C(=O)O[C@@H](Cc2c(Cl)c[n+]([O-])cc2Cl)c2ccc(OC(F)F)c(OCC3CC3)c2)c1.CN(C)C(=O)c1cccc(CC(=O)O)c1.CN(C)C(=O)c1cccc(CC2OCCO2)c1.Cl.O=C(O[C@@H](Cc1c(Cl)c[nH+]cc1Cl)c1ccc(OC(F)F)c(OCC2CC2)c1)[C@H]1NCCS1.O=COc1cccc(CC2OCCO2)c1.[OH-]. The highest BCUT2D eigenvalue weighted by Gasteiger charge is 2.39. The molecule has 2 aromatic heterocycles. The number of nitrogens with zero attached hydrogens (tertiary/aromatic N) is 5. The van der Waals surface area contributed by atoms with Gasteiger partial charge in [0.2, 0.25) is 5.91 Å². The number of aliphatic carboxylic acids is 1. The minimum Gasteiger partial charge on any atom is -0.870 e. The first kappa shape index (κ1) is 105. The lowest BCUT2D eigenvalue weighted by molar-refractivity contribution is -0.605. The van der Waals surface area contributed by atoms with Crippen LogP contribution < -0.4 is 38.7 Å². The number of carboxylic acid groups (broad SMARTS) is 1. The second-order valence-electron chi connectivity index (χ2n) is 30.9. The molecular formula is C91H102Cl5F4N7O22S. The lowest BCUT2D eigenvalue weighted by atomic mass is 10.0. The molecule has 4 atom stereocenters. The van der Waals surface area contributed by atoms with Gasteiger partial charge in [-0.15, -0.1) is 24.2 Å². The monoisotopic (exact) mass is 1930 g/mol. The maximum absolute atomic E-state index is 13.8. The molecule has 39 heteroatoms. The smallest absolute Gasteiger partial charge is 0.387 e. The van der Waals surface area contributed by atoms with Gasteiger partial charge in [0.15, 0.2) is 65.7 Å². The molecule has 0 bridgehead atoms. The zero-order valence-corrected chi connectivity index (χ0v) is 76.5. The van der Waals surface area contributed by atoms with Crippen molar-refractivity contribution < 1.29 is 128 Å².